The highest BCUT2D eigenvalue weighted by molar-refractivity contribution is 5.72. The van der Waals surface area contributed by atoms with E-state index < -0.39 is 0 Å². The maximum Gasteiger partial charge on any atom is 0.120 e. The summed E-state index contributed by atoms with van der Waals surface area (Å²) in [6.45, 7) is 0. The molecule has 2 heterocycles. The molecule has 1 atom stereocenters. The monoisotopic (exact) mass is 233 g/mol. The van der Waals surface area contributed by atoms with Crippen LogP contribution in [0.4, 0.5) is 0 Å². The van der Waals surface area contributed by atoms with Gasteiger partial charge in [-0.25, -0.2) is 0 Å². The Kier molecular flexibility index (Phi) is 1.94. The van der Waals surface area contributed by atoms with Gasteiger partial charge in [0.05, 0.1) is 5.70 Å². The molecule has 1 aliphatic carbocycles. The van der Waals surface area contributed by atoms with Gasteiger partial charge in [0.25, 0.3) is 0 Å². The summed E-state index contributed by atoms with van der Waals surface area (Å²) in [6.07, 6.45) is 4.59. The van der Waals surface area contributed by atoms with Gasteiger partial charge in [0.1, 0.15) is 6.04 Å². The van der Waals surface area contributed by atoms with Crippen LogP contribution in [0.15, 0.2) is 64.6 Å². The van der Waals surface area contributed by atoms with Gasteiger partial charge >= 0.3 is 0 Å². The fourth-order valence-electron chi connectivity index (χ4n) is 2.72. The van der Waals surface area contributed by atoms with Gasteiger partial charge in [-0.2, -0.15) is 10.2 Å². The number of rotatable bonds is 1. The molecule has 0 fully saturated rings. The Labute approximate surface area is 105 Å². The molecule has 0 N–H and O–H groups in total. The molecule has 2 aromatic rings. The van der Waals surface area contributed by atoms with Crippen LogP contribution >= 0.6 is 0 Å². The summed E-state index contributed by atoms with van der Waals surface area (Å²) in [5.74, 6) is 0. The van der Waals surface area contributed by atoms with Crippen LogP contribution in [-0.4, -0.2) is 4.98 Å². The first-order chi connectivity index (χ1) is 8.93. The number of fused-ring (bicyclic) bond motifs is 3. The Morgan fingerprint density at radius 2 is 2.00 bits per heavy atom. The molecule has 4 rings (SSSR count). The number of hydrogen-bond donors (Lipinski definition) is 0. The van der Waals surface area contributed by atoms with E-state index in [1.165, 1.54) is 16.7 Å². The summed E-state index contributed by atoms with van der Waals surface area (Å²) in [7, 11) is 0. The van der Waals surface area contributed by atoms with Gasteiger partial charge in [-0.05, 0) is 35.3 Å². The third-order valence-corrected chi connectivity index (χ3v) is 3.57. The van der Waals surface area contributed by atoms with E-state index in [1.54, 1.807) is 6.20 Å². The third-order valence-electron chi connectivity index (χ3n) is 3.57. The quantitative estimate of drug-likeness (QED) is 0.742. The van der Waals surface area contributed by atoms with Gasteiger partial charge in [0, 0.05) is 18.0 Å². The summed E-state index contributed by atoms with van der Waals surface area (Å²) in [6, 6.07) is 12.6. The first-order valence-electron chi connectivity index (χ1n) is 6.05. The second-order valence-corrected chi connectivity index (χ2v) is 4.61. The number of pyridine rings is 1. The van der Waals surface area contributed by atoms with Crippen molar-refractivity contribution < 1.29 is 0 Å². The Hall–Kier alpha value is -2.29. The van der Waals surface area contributed by atoms with Gasteiger partial charge in [-0.3, -0.25) is 4.98 Å². The zero-order chi connectivity index (χ0) is 11.9. The van der Waals surface area contributed by atoms with Crippen molar-refractivity contribution in [1.82, 2.24) is 4.98 Å². The summed E-state index contributed by atoms with van der Waals surface area (Å²) >= 11 is 0. The molecule has 0 bridgehead atoms. The zero-order valence-electron chi connectivity index (χ0n) is 9.74. The molecule has 1 aromatic carbocycles. The van der Waals surface area contributed by atoms with Crippen molar-refractivity contribution in [3.8, 4) is 0 Å². The van der Waals surface area contributed by atoms with Gasteiger partial charge in [0.15, 0.2) is 0 Å². The Balaban J connectivity index is 1.86. The highest BCUT2D eigenvalue weighted by Crippen LogP contribution is 2.46. The molecule has 3 heteroatoms. The second kappa shape index (κ2) is 3.60. The fraction of sp³-hybridized carbons (Fsp3) is 0.133. The topological polar surface area (TPSA) is 37.6 Å². The van der Waals surface area contributed by atoms with Crippen molar-refractivity contribution in [1.29, 1.82) is 0 Å². The molecule has 3 nitrogen and oxygen atoms in total. The molecular weight excluding hydrogens is 222 g/mol. The minimum atomic E-state index is 0.136. The van der Waals surface area contributed by atoms with Crippen LogP contribution in [0.3, 0.4) is 0 Å². The predicted octanol–water partition coefficient (Wildman–Crippen LogP) is 3.56. The minimum Gasteiger partial charge on any atom is -0.264 e. The van der Waals surface area contributed by atoms with E-state index in [0.29, 0.717) is 0 Å². The van der Waals surface area contributed by atoms with Crippen LogP contribution in [0.5, 0.6) is 0 Å². The van der Waals surface area contributed by atoms with E-state index in [1.807, 2.05) is 18.3 Å². The van der Waals surface area contributed by atoms with Crippen molar-refractivity contribution in [3.05, 3.63) is 71.1 Å². The molecule has 2 aliphatic rings. The third kappa shape index (κ3) is 1.27. The average Bonchev–Trinajstić information content (AvgIpc) is 2.98. The standard InChI is InChI=1S/C15H11N3/c1-2-6-12-10(4-1)8-13-14(17-18-15(12)13)11-5-3-7-16-9-11/h1-7,9,15H,8H2. The number of nitrogens with zero attached hydrogens (tertiary/aromatic N) is 3. The molecule has 1 aliphatic heterocycles. The van der Waals surface area contributed by atoms with Crippen LogP contribution < -0.4 is 0 Å². The highest BCUT2D eigenvalue weighted by Gasteiger charge is 2.33. The van der Waals surface area contributed by atoms with E-state index in [0.717, 1.165) is 17.7 Å². The lowest BCUT2D eigenvalue weighted by molar-refractivity contribution is 0.862. The molecule has 0 spiro atoms. The number of azo groups is 1. The van der Waals surface area contributed by atoms with E-state index in [9.17, 15) is 0 Å². The second-order valence-electron chi connectivity index (χ2n) is 4.61. The SMILES string of the molecule is c1cncc(C2=C3Cc4ccccc4C3N=N2)c1. The summed E-state index contributed by atoms with van der Waals surface area (Å²) < 4.78 is 0. The number of benzene rings is 1. The fourth-order valence-corrected chi connectivity index (χ4v) is 2.72. The first-order valence-corrected chi connectivity index (χ1v) is 6.05. The molecule has 18 heavy (non-hydrogen) atoms. The van der Waals surface area contributed by atoms with Crippen LogP contribution in [0.1, 0.15) is 22.7 Å². The molecule has 1 unspecified atom stereocenters. The molecule has 1 aromatic heterocycles. The normalized spacial score (nSPS) is 20.1. The van der Waals surface area contributed by atoms with E-state index in [2.05, 4.69) is 39.5 Å². The summed E-state index contributed by atoms with van der Waals surface area (Å²) in [5, 5.41) is 8.77. The van der Waals surface area contributed by atoms with Crippen molar-refractivity contribution in [2.24, 2.45) is 10.2 Å². The van der Waals surface area contributed by atoms with E-state index in [4.69, 9.17) is 0 Å². The highest BCUT2D eigenvalue weighted by atomic mass is 15.2. The molecular formula is C15H11N3. The predicted molar refractivity (Wildman–Crippen MR) is 68.9 cm³/mol. The molecule has 0 amide bonds. The number of aromatic nitrogens is 1. The van der Waals surface area contributed by atoms with Crippen LogP contribution in [0.25, 0.3) is 5.70 Å². The Morgan fingerprint density at radius 1 is 1.06 bits per heavy atom. The van der Waals surface area contributed by atoms with Gasteiger partial charge in [0.2, 0.25) is 0 Å². The Morgan fingerprint density at radius 3 is 2.89 bits per heavy atom. The molecule has 0 saturated heterocycles. The van der Waals surface area contributed by atoms with Gasteiger partial charge < -0.3 is 0 Å². The maximum atomic E-state index is 4.42. The maximum absolute atomic E-state index is 4.42. The lowest BCUT2D eigenvalue weighted by Crippen LogP contribution is -1.90. The van der Waals surface area contributed by atoms with Gasteiger partial charge in [-0.1, -0.05) is 24.3 Å². The largest absolute Gasteiger partial charge is 0.264 e. The Bertz CT molecular complexity index is 671. The van der Waals surface area contributed by atoms with Crippen molar-refractivity contribution in [3.63, 3.8) is 0 Å². The van der Waals surface area contributed by atoms with Crippen LogP contribution in [-0.2, 0) is 6.42 Å². The van der Waals surface area contributed by atoms with Crippen molar-refractivity contribution in [2.75, 3.05) is 0 Å². The van der Waals surface area contributed by atoms with Crippen molar-refractivity contribution in [2.45, 2.75) is 12.5 Å². The summed E-state index contributed by atoms with van der Waals surface area (Å²) in [5.41, 5.74) is 6.05. The first kappa shape index (κ1) is 9.71. The smallest absolute Gasteiger partial charge is 0.120 e. The van der Waals surface area contributed by atoms with Gasteiger partial charge in [-0.15, -0.1) is 0 Å². The molecule has 0 saturated carbocycles. The lowest BCUT2D eigenvalue weighted by atomic mass is 10.0. The lowest BCUT2D eigenvalue weighted by Gasteiger charge is -2.01. The molecule has 0 radical (unpaired) electrons. The van der Waals surface area contributed by atoms with Crippen LogP contribution in [0, 0.1) is 0 Å². The van der Waals surface area contributed by atoms with Crippen molar-refractivity contribution >= 4 is 5.70 Å². The average molecular weight is 233 g/mol. The zero-order valence-corrected chi connectivity index (χ0v) is 9.74. The molecule has 86 valence electrons. The van der Waals surface area contributed by atoms with Crippen LogP contribution in [0.2, 0.25) is 0 Å². The van der Waals surface area contributed by atoms with E-state index in [-0.39, 0.29) is 6.04 Å². The summed E-state index contributed by atoms with van der Waals surface area (Å²) in [4.78, 5) is 4.16. The van der Waals surface area contributed by atoms with E-state index >= 15 is 0 Å². The minimum absolute atomic E-state index is 0.136. The number of hydrogen-bond acceptors (Lipinski definition) is 3.